The summed E-state index contributed by atoms with van der Waals surface area (Å²) in [6.45, 7) is 7.54. The molecule has 5 heteroatoms. The van der Waals surface area contributed by atoms with Gasteiger partial charge in [0.25, 0.3) is 0 Å². The van der Waals surface area contributed by atoms with Gasteiger partial charge in [-0.1, -0.05) is 25.5 Å². The van der Waals surface area contributed by atoms with Crippen LogP contribution >= 0.6 is 0 Å². The first-order chi connectivity index (χ1) is 14.1. The molecule has 0 saturated heterocycles. The van der Waals surface area contributed by atoms with Crippen molar-refractivity contribution in [3.8, 4) is 0 Å². The summed E-state index contributed by atoms with van der Waals surface area (Å²) >= 11 is 0. The van der Waals surface area contributed by atoms with Crippen molar-refractivity contribution in [1.82, 2.24) is 0 Å². The Balaban J connectivity index is 1.51. The lowest BCUT2D eigenvalue weighted by atomic mass is 9.47. The first-order valence-electron chi connectivity index (χ1n) is 11.7. The van der Waals surface area contributed by atoms with Gasteiger partial charge in [0.15, 0.2) is 5.78 Å². The Morgan fingerprint density at radius 1 is 1.00 bits per heavy atom. The summed E-state index contributed by atoms with van der Waals surface area (Å²) < 4.78 is 10.6. The third-order valence-corrected chi connectivity index (χ3v) is 9.20. The summed E-state index contributed by atoms with van der Waals surface area (Å²) in [5.41, 5.74) is 1.71. The maximum atomic E-state index is 12.9. The van der Waals surface area contributed by atoms with Gasteiger partial charge in [-0.2, -0.15) is 0 Å². The minimum absolute atomic E-state index is 0.0145. The molecule has 0 amide bonds. The summed E-state index contributed by atoms with van der Waals surface area (Å²) in [5, 5.41) is 0. The molecule has 5 nitrogen and oxygen atoms in total. The van der Waals surface area contributed by atoms with Gasteiger partial charge in [0, 0.05) is 26.2 Å². The minimum atomic E-state index is -0.381. The molecule has 0 N–H and O–H groups in total. The number of hydrogen-bond acceptors (Lipinski definition) is 5. The molecule has 0 aliphatic heterocycles. The Morgan fingerprint density at radius 2 is 1.77 bits per heavy atom. The number of esters is 2. The number of carbonyl (C=O) groups is 3. The highest BCUT2D eigenvalue weighted by Crippen LogP contribution is 2.66. The normalized spacial score (nSPS) is 42.3. The van der Waals surface area contributed by atoms with E-state index < -0.39 is 0 Å². The molecule has 0 aromatic heterocycles. The minimum Gasteiger partial charge on any atom is -0.462 e. The highest BCUT2D eigenvalue weighted by atomic mass is 16.5. The zero-order chi connectivity index (χ0) is 21.7. The van der Waals surface area contributed by atoms with Crippen molar-refractivity contribution in [2.45, 2.75) is 85.2 Å². The summed E-state index contributed by atoms with van der Waals surface area (Å²) in [6.07, 6.45) is 10.7. The van der Waals surface area contributed by atoms with Crippen LogP contribution in [-0.4, -0.2) is 30.4 Å². The Labute approximate surface area is 179 Å². The maximum absolute atomic E-state index is 12.9. The molecule has 0 heterocycles. The zero-order valence-electron chi connectivity index (χ0n) is 18.9. The van der Waals surface area contributed by atoms with E-state index >= 15 is 0 Å². The van der Waals surface area contributed by atoms with Crippen LogP contribution in [0.2, 0.25) is 0 Å². The second-order valence-corrected chi connectivity index (χ2v) is 10.7. The van der Waals surface area contributed by atoms with E-state index in [9.17, 15) is 14.4 Å². The van der Waals surface area contributed by atoms with Crippen LogP contribution in [0, 0.1) is 34.5 Å². The predicted molar refractivity (Wildman–Crippen MR) is 112 cm³/mol. The number of ketones is 1. The standard InChI is InChI=1S/C25H36O5/c1-15(26)29-14-23(28)22-8-7-20-19-6-5-17-13-18(30-16(2)27)9-11-24(17,3)21(19)10-12-25(20,22)4/h5,18-22H,6-14H2,1-4H3/t18-,19-,20-,21-,22+,24+,25-/m1/s1. The highest BCUT2D eigenvalue weighted by Gasteiger charge is 2.59. The van der Waals surface area contributed by atoms with Gasteiger partial charge in [-0.05, 0) is 73.5 Å². The van der Waals surface area contributed by atoms with Crippen molar-refractivity contribution in [2.75, 3.05) is 6.61 Å². The average molecular weight is 417 g/mol. The van der Waals surface area contributed by atoms with Crippen LogP contribution in [0.1, 0.15) is 79.1 Å². The fraction of sp³-hybridized carbons (Fsp3) is 0.800. The Hall–Kier alpha value is -1.65. The molecule has 4 aliphatic rings. The molecule has 0 aromatic rings. The molecule has 0 aromatic carbocycles. The highest BCUT2D eigenvalue weighted by molar-refractivity contribution is 5.85. The van der Waals surface area contributed by atoms with Crippen LogP contribution in [-0.2, 0) is 23.9 Å². The zero-order valence-corrected chi connectivity index (χ0v) is 18.9. The second-order valence-electron chi connectivity index (χ2n) is 10.7. The van der Waals surface area contributed by atoms with E-state index in [-0.39, 0.29) is 47.2 Å². The van der Waals surface area contributed by atoms with Crippen molar-refractivity contribution in [2.24, 2.45) is 34.5 Å². The molecule has 0 unspecified atom stereocenters. The van der Waals surface area contributed by atoms with Crippen molar-refractivity contribution < 1.29 is 23.9 Å². The van der Waals surface area contributed by atoms with E-state index in [1.54, 1.807) is 0 Å². The molecular weight excluding hydrogens is 380 g/mol. The van der Waals surface area contributed by atoms with Gasteiger partial charge in [-0.25, -0.2) is 0 Å². The van der Waals surface area contributed by atoms with Crippen LogP contribution in [0.4, 0.5) is 0 Å². The van der Waals surface area contributed by atoms with Crippen molar-refractivity contribution >= 4 is 17.7 Å². The van der Waals surface area contributed by atoms with Gasteiger partial charge in [-0.15, -0.1) is 0 Å². The van der Waals surface area contributed by atoms with Crippen molar-refractivity contribution in [3.05, 3.63) is 11.6 Å². The smallest absolute Gasteiger partial charge is 0.303 e. The van der Waals surface area contributed by atoms with Gasteiger partial charge in [0.05, 0.1) is 0 Å². The van der Waals surface area contributed by atoms with Crippen LogP contribution in [0.25, 0.3) is 0 Å². The SMILES string of the molecule is CC(=O)OCC(=O)[C@@H]1CC[C@@H]2[C@H]3CC=C4C[C@H](OC(C)=O)CC[C@]4(C)[C@@H]3CC[C@]21C. The summed E-state index contributed by atoms with van der Waals surface area (Å²) in [4.78, 5) is 35.4. The molecule has 30 heavy (non-hydrogen) atoms. The number of Topliss-reactive ketones (excluding diaryl/α,β-unsaturated/α-hetero) is 1. The van der Waals surface area contributed by atoms with Crippen molar-refractivity contribution in [1.29, 1.82) is 0 Å². The first kappa shape index (κ1) is 21.6. The largest absolute Gasteiger partial charge is 0.462 e. The number of rotatable bonds is 4. The number of fused-ring (bicyclic) bond motifs is 5. The monoisotopic (exact) mass is 416 g/mol. The summed E-state index contributed by atoms with van der Waals surface area (Å²) in [6, 6.07) is 0. The van der Waals surface area contributed by atoms with E-state index in [0.717, 1.165) is 51.4 Å². The van der Waals surface area contributed by atoms with Crippen LogP contribution < -0.4 is 0 Å². The lowest BCUT2D eigenvalue weighted by Crippen LogP contribution is -2.51. The van der Waals surface area contributed by atoms with E-state index in [0.29, 0.717) is 17.8 Å². The fourth-order valence-electron chi connectivity index (χ4n) is 7.77. The summed E-state index contributed by atoms with van der Waals surface area (Å²) in [5.74, 6) is 1.39. The molecule has 4 rings (SSSR count). The van der Waals surface area contributed by atoms with Gasteiger partial charge in [0.2, 0.25) is 0 Å². The Morgan fingerprint density at radius 3 is 2.47 bits per heavy atom. The van der Waals surface area contributed by atoms with Gasteiger partial charge >= 0.3 is 11.9 Å². The van der Waals surface area contributed by atoms with E-state index in [1.807, 2.05) is 0 Å². The predicted octanol–water partition coefficient (Wildman–Crippen LogP) is 4.63. The van der Waals surface area contributed by atoms with E-state index in [4.69, 9.17) is 9.47 Å². The molecule has 0 spiro atoms. The number of ether oxygens (including phenoxy) is 2. The van der Waals surface area contributed by atoms with E-state index in [1.165, 1.54) is 19.4 Å². The first-order valence-corrected chi connectivity index (χ1v) is 11.7. The Bertz CT molecular complexity index is 770. The van der Waals surface area contributed by atoms with E-state index in [2.05, 4.69) is 19.9 Å². The molecule has 4 aliphatic carbocycles. The van der Waals surface area contributed by atoms with Crippen molar-refractivity contribution in [3.63, 3.8) is 0 Å². The van der Waals surface area contributed by atoms with Crippen LogP contribution in [0.15, 0.2) is 11.6 Å². The van der Waals surface area contributed by atoms with Crippen LogP contribution in [0.3, 0.4) is 0 Å². The lowest BCUT2D eigenvalue weighted by Gasteiger charge is -2.58. The molecule has 0 bridgehead atoms. The third kappa shape index (κ3) is 3.52. The molecule has 166 valence electrons. The van der Waals surface area contributed by atoms with Gasteiger partial charge in [-0.3, -0.25) is 14.4 Å². The fourth-order valence-corrected chi connectivity index (χ4v) is 7.77. The number of hydrogen-bond donors (Lipinski definition) is 0. The third-order valence-electron chi connectivity index (χ3n) is 9.20. The van der Waals surface area contributed by atoms with Crippen LogP contribution in [0.5, 0.6) is 0 Å². The number of allylic oxidation sites excluding steroid dienone is 1. The quantitative estimate of drug-likeness (QED) is 0.494. The molecule has 0 radical (unpaired) electrons. The lowest BCUT2D eigenvalue weighted by molar-refractivity contribution is -0.150. The number of carbonyl (C=O) groups excluding carboxylic acids is 3. The summed E-state index contributed by atoms with van der Waals surface area (Å²) in [7, 11) is 0. The Kier molecular flexibility index (Phi) is 5.61. The topological polar surface area (TPSA) is 69.7 Å². The second kappa shape index (κ2) is 7.80. The molecule has 7 atom stereocenters. The molecular formula is C25H36O5. The maximum Gasteiger partial charge on any atom is 0.303 e. The van der Waals surface area contributed by atoms with Gasteiger partial charge in [0.1, 0.15) is 12.7 Å². The molecule has 3 saturated carbocycles. The molecule has 3 fully saturated rings. The van der Waals surface area contributed by atoms with Gasteiger partial charge < -0.3 is 9.47 Å². The average Bonchev–Trinajstić information content (AvgIpc) is 3.03.